The quantitative estimate of drug-likeness (QED) is 0.338. The SMILES string of the molecule is CC(=NNC(=S)Nc1ccc(S(=O)(=O)N2CCOCC2)cc1)c1cccc2ccccc12. The van der Waals surface area contributed by atoms with Gasteiger partial charge in [-0.05, 0) is 54.2 Å². The van der Waals surface area contributed by atoms with Crippen molar-refractivity contribution in [3.8, 4) is 0 Å². The van der Waals surface area contributed by atoms with Gasteiger partial charge in [-0.15, -0.1) is 0 Å². The van der Waals surface area contributed by atoms with Crippen molar-refractivity contribution in [2.75, 3.05) is 31.6 Å². The van der Waals surface area contributed by atoms with Crippen LogP contribution in [0.5, 0.6) is 0 Å². The van der Waals surface area contributed by atoms with Gasteiger partial charge in [-0.25, -0.2) is 8.42 Å². The number of fused-ring (bicyclic) bond motifs is 1. The summed E-state index contributed by atoms with van der Waals surface area (Å²) >= 11 is 5.34. The molecule has 0 bridgehead atoms. The molecule has 166 valence electrons. The van der Waals surface area contributed by atoms with Crippen LogP contribution >= 0.6 is 12.2 Å². The molecule has 0 atom stereocenters. The number of nitrogens with zero attached hydrogens (tertiary/aromatic N) is 2. The van der Waals surface area contributed by atoms with Crippen LogP contribution in [0.3, 0.4) is 0 Å². The van der Waals surface area contributed by atoms with E-state index in [2.05, 4.69) is 34.0 Å². The average Bonchev–Trinajstić information content (AvgIpc) is 2.83. The zero-order valence-corrected chi connectivity index (χ0v) is 19.2. The molecule has 7 nitrogen and oxygen atoms in total. The van der Waals surface area contributed by atoms with Crippen molar-refractivity contribution < 1.29 is 13.2 Å². The summed E-state index contributed by atoms with van der Waals surface area (Å²) in [5.41, 5.74) is 5.35. The Hall–Kier alpha value is -2.85. The van der Waals surface area contributed by atoms with Crippen molar-refractivity contribution in [2.45, 2.75) is 11.8 Å². The lowest BCUT2D eigenvalue weighted by atomic mass is 10.0. The maximum Gasteiger partial charge on any atom is 0.243 e. The normalized spacial score (nSPS) is 15.5. The van der Waals surface area contributed by atoms with E-state index in [1.165, 1.54) is 4.31 Å². The van der Waals surface area contributed by atoms with E-state index < -0.39 is 10.0 Å². The van der Waals surface area contributed by atoms with Crippen LogP contribution in [-0.4, -0.2) is 49.9 Å². The average molecular weight is 469 g/mol. The Labute approximate surface area is 193 Å². The third-order valence-corrected chi connectivity index (χ3v) is 7.33. The molecule has 2 N–H and O–H groups in total. The minimum absolute atomic E-state index is 0.244. The van der Waals surface area contributed by atoms with Crippen LogP contribution in [0, 0.1) is 0 Å². The van der Waals surface area contributed by atoms with Crippen molar-refractivity contribution in [3.05, 3.63) is 72.3 Å². The molecule has 1 aliphatic heterocycles. The lowest BCUT2D eigenvalue weighted by Gasteiger charge is -2.26. The molecule has 0 unspecified atom stereocenters. The van der Waals surface area contributed by atoms with Gasteiger partial charge in [0, 0.05) is 24.3 Å². The first-order valence-corrected chi connectivity index (χ1v) is 12.1. The first kappa shape index (κ1) is 22.3. The minimum atomic E-state index is -3.52. The summed E-state index contributed by atoms with van der Waals surface area (Å²) in [7, 11) is -3.52. The third-order valence-electron chi connectivity index (χ3n) is 5.22. The molecule has 9 heteroatoms. The summed E-state index contributed by atoms with van der Waals surface area (Å²) in [6.45, 7) is 3.48. The molecule has 0 aromatic heterocycles. The summed E-state index contributed by atoms with van der Waals surface area (Å²) in [6, 6.07) is 20.7. The van der Waals surface area contributed by atoms with Gasteiger partial charge >= 0.3 is 0 Å². The van der Waals surface area contributed by atoms with Crippen molar-refractivity contribution in [1.29, 1.82) is 0 Å². The number of rotatable bonds is 5. The van der Waals surface area contributed by atoms with Crippen molar-refractivity contribution >= 4 is 49.5 Å². The highest BCUT2D eigenvalue weighted by molar-refractivity contribution is 7.89. The topological polar surface area (TPSA) is 83.0 Å². The molecule has 3 aromatic carbocycles. The van der Waals surface area contributed by atoms with E-state index in [1.54, 1.807) is 24.3 Å². The maximum atomic E-state index is 12.7. The second kappa shape index (κ2) is 9.74. The van der Waals surface area contributed by atoms with Crippen LogP contribution in [0.25, 0.3) is 10.8 Å². The Bertz CT molecular complexity index is 1250. The second-order valence-corrected chi connectivity index (χ2v) is 9.68. The maximum absolute atomic E-state index is 12.7. The van der Waals surface area contributed by atoms with Crippen LogP contribution in [-0.2, 0) is 14.8 Å². The number of sulfonamides is 1. The number of benzene rings is 3. The number of ether oxygens (including phenoxy) is 1. The molecule has 1 heterocycles. The number of thiocarbonyl (C=S) groups is 1. The number of morpholine rings is 1. The zero-order valence-electron chi connectivity index (χ0n) is 17.6. The van der Waals surface area contributed by atoms with Crippen LogP contribution in [0.1, 0.15) is 12.5 Å². The number of nitrogens with one attached hydrogen (secondary N) is 2. The molecule has 0 radical (unpaired) electrons. The Balaban J connectivity index is 1.41. The highest BCUT2D eigenvalue weighted by atomic mass is 32.2. The van der Waals surface area contributed by atoms with Gasteiger partial charge in [-0.1, -0.05) is 42.5 Å². The molecular weight excluding hydrogens is 444 g/mol. The van der Waals surface area contributed by atoms with Gasteiger partial charge in [0.2, 0.25) is 10.0 Å². The zero-order chi connectivity index (χ0) is 22.6. The first-order chi connectivity index (χ1) is 15.4. The number of hydrazone groups is 1. The molecule has 0 amide bonds. The van der Waals surface area contributed by atoms with Crippen molar-refractivity contribution in [1.82, 2.24) is 9.73 Å². The number of hydrogen-bond donors (Lipinski definition) is 2. The van der Waals surface area contributed by atoms with Crippen molar-refractivity contribution in [3.63, 3.8) is 0 Å². The minimum Gasteiger partial charge on any atom is -0.379 e. The van der Waals surface area contributed by atoms with Gasteiger partial charge in [0.05, 0.1) is 23.8 Å². The van der Waals surface area contributed by atoms with E-state index >= 15 is 0 Å². The molecule has 3 aromatic rings. The Morgan fingerprint density at radius 2 is 1.69 bits per heavy atom. The number of hydrogen-bond acceptors (Lipinski definition) is 5. The molecular formula is C23H24N4O3S2. The highest BCUT2D eigenvalue weighted by Crippen LogP contribution is 2.20. The molecule has 4 rings (SSSR count). The van der Waals surface area contributed by atoms with Crippen LogP contribution < -0.4 is 10.7 Å². The van der Waals surface area contributed by atoms with Crippen molar-refractivity contribution in [2.24, 2.45) is 5.10 Å². The van der Waals surface area contributed by atoms with E-state index in [-0.39, 0.29) is 4.90 Å². The summed E-state index contributed by atoms with van der Waals surface area (Å²) < 4.78 is 32.1. The Morgan fingerprint density at radius 1 is 1.00 bits per heavy atom. The monoisotopic (exact) mass is 468 g/mol. The molecule has 0 spiro atoms. The van der Waals surface area contributed by atoms with Gasteiger partial charge in [0.25, 0.3) is 0 Å². The van der Waals surface area contributed by atoms with E-state index in [0.29, 0.717) is 37.1 Å². The summed E-state index contributed by atoms with van der Waals surface area (Å²) in [4.78, 5) is 0.244. The Morgan fingerprint density at radius 3 is 2.44 bits per heavy atom. The van der Waals surface area contributed by atoms with Gasteiger partial charge in [-0.2, -0.15) is 9.41 Å². The standard InChI is InChI=1S/C23H24N4O3S2/c1-17(21-8-4-6-18-5-2-3-7-22(18)21)25-26-23(31)24-19-9-11-20(12-10-19)32(28,29)27-13-15-30-16-14-27/h2-12H,13-16H2,1H3,(H2,24,26,31). The molecule has 0 aliphatic carbocycles. The van der Waals surface area contributed by atoms with Crippen LogP contribution in [0.2, 0.25) is 0 Å². The summed E-state index contributed by atoms with van der Waals surface area (Å²) in [6.07, 6.45) is 0. The fourth-order valence-electron chi connectivity index (χ4n) is 3.54. The van der Waals surface area contributed by atoms with E-state index in [9.17, 15) is 8.42 Å². The highest BCUT2D eigenvalue weighted by Gasteiger charge is 2.26. The second-order valence-electron chi connectivity index (χ2n) is 7.33. The van der Waals surface area contributed by atoms with Gasteiger partial charge in [-0.3, -0.25) is 5.43 Å². The largest absolute Gasteiger partial charge is 0.379 e. The van der Waals surface area contributed by atoms with E-state index in [0.717, 1.165) is 22.0 Å². The van der Waals surface area contributed by atoms with Gasteiger partial charge in [0.15, 0.2) is 5.11 Å². The molecule has 1 fully saturated rings. The lowest BCUT2D eigenvalue weighted by molar-refractivity contribution is 0.0730. The number of anilines is 1. The molecule has 1 saturated heterocycles. The molecule has 32 heavy (non-hydrogen) atoms. The van der Waals surface area contributed by atoms with E-state index in [1.807, 2.05) is 31.2 Å². The fraction of sp³-hybridized carbons (Fsp3) is 0.217. The third kappa shape index (κ3) is 4.97. The smallest absolute Gasteiger partial charge is 0.243 e. The molecule has 0 saturated carbocycles. The summed E-state index contributed by atoms with van der Waals surface area (Å²) in [5, 5.41) is 10.0. The first-order valence-electron chi connectivity index (χ1n) is 10.2. The predicted molar refractivity (Wildman–Crippen MR) is 132 cm³/mol. The molecule has 1 aliphatic rings. The Kier molecular flexibility index (Phi) is 6.80. The summed E-state index contributed by atoms with van der Waals surface area (Å²) in [5.74, 6) is 0. The predicted octanol–water partition coefficient (Wildman–Crippen LogP) is 3.57. The van der Waals surface area contributed by atoms with E-state index in [4.69, 9.17) is 17.0 Å². The fourth-order valence-corrected chi connectivity index (χ4v) is 5.11. The van der Waals surface area contributed by atoms with Gasteiger partial charge in [0.1, 0.15) is 0 Å². The van der Waals surface area contributed by atoms with Crippen LogP contribution in [0.15, 0.2) is 76.7 Å². The van der Waals surface area contributed by atoms with Crippen LogP contribution in [0.4, 0.5) is 5.69 Å². The van der Waals surface area contributed by atoms with Gasteiger partial charge < -0.3 is 10.1 Å². The lowest BCUT2D eigenvalue weighted by Crippen LogP contribution is -2.40.